The summed E-state index contributed by atoms with van der Waals surface area (Å²) in [6, 6.07) is 2.69. The van der Waals surface area contributed by atoms with Crippen LogP contribution in [-0.2, 0) is 23.1 Å². The minimum atomic E-state index is -1.48. The van der Waals surface area contributed by atoms with E-state index in [0.717, 1.165) is 6.42 Å². The fraction of sp³-hybridized carbons (Fsp3) is 0.364. The first-order valence-electron chi connectivity index (χ1n) is 5.70. The number of carboxylic acid groups (broad SMARTS) is 1. The molecule has 0 aliphatic heterocycles. The normalized spacial score (nSPS) is 12.5. The summed E-state index contributed by atoms with van der Waals surface area (Å²) in [5.74, 6) is -0.670. The molecular weight excluding hydrogens is 270 g/mol. The van der Waals surface area contributed by atoms with Crippen LogP contribution in [0.5, 0.6) is 0 Å². The predicted octanol–water partition coefficient (Wildman–Crippen LogP) is 1.29. The summed E-state index contributed by atoms with van der Waals surface area (Å²) in [4.78, 5) is 14.7. The zero-order valence-corrected chi connectivity index (χ0v) is 11.1. The largest absolute Gasteiger partial charge is 0.475 e. The third-order valence-corrected chi connectivity index (χ3v) is 3.60. The van der Waals surface area contributed by atoms with Gasteiger partial charge in [-0.3, -0.25) is 4.21 Å². The Morgan fingerprint density at radius 3 is 2.95 bits per heavy atom. The molecule has 7 nitrogen and oxygen atoms in total. The van der Waals surface area contributed by atoms with E-state index in [4.69, 9.17) is 9.52 Å². The van der Waals surface area contributed by atoms with Gasteiger partial charge < -0.3 is 9.52 Å². The fourth-order valence-corrected chi connectivity index (χ4v) is 2.55. The molecule has 2 heterocycles. The average Bonchev–Trinajstić information content (AvgIpc) is 2.99. The minimum absolute atomic E-state index is 0.128. The molecule has 1 atom stereocenters. The Balaban J connectivity index is 2.11. The van der Waals surface area contributed by atoms with Gasteiger partial charge in [-0.2, -0.15) is 5.10 Å². The Hall–Kier alpha value is -1.96. The minimum Gasteiger partial charge on any atom is -0.475 e. The second-order valence-corrected chi connectivity index (χ2v) is 5.20. The van der Waals surface area contributed by atoms with Gasteiger partial charge in [0.1, 0.15) is 12.2 Å². The van der Waals surface area contributed by atoms with Crippen LogP contribution in [0.1, 0.15) is 29.7 Å². The van der Waals surface area contributed by atoms with E-state index < -0.39 is 16.8 Å². The quantitative estimate of drug-likeness (QED) is 0.857. The molecule has 0 amide bonds. The van der Waals surface area contributed by atoms with Crippen molar-refractivity contribution in [3.63, 3.8) is 0 Å². The van der Waals surface area contributed by atoms with Crippen LogP contribution in [0.3, 0.4) is 0 Å². The summed E-state index contributed by atoms with van der Waals surface area (Å²) in [6.07, 6.45) is 2.31. The van der Waals surface area contributed by atoms with Crippen LogP contribution >= 0.6 is 0 Å². The maximum Gasteiger partial charge on any atom is 0.371 e. The highest BCUT2D eigenvalue weighted by molar-refractivity contribution is 7.84. The molecule has 0 aromatic carbocycles. The number of carboxylic acids is 1. The Bertz CT molecular complexity index is 605. The van der Waals surface area contributed by atoms with Crippen LogP contribution < -0.4 is 0 Å². The van der Waals surface area contributed by atoms with Crippen LogP contribution in [0.4, 0.5) is 0 Å². The highest BCUT2D eigenvalue weighted by Crippen LogP contribution is 2.15. The number of carbonyl (C=O) groups is 1. The van der Waals surface area contributed by atoms with Crippen molar-refractivity contribution in [1.82, 2.24) is 14.8 Å². The van der Waals surface area contributed by atoms with Gasteiger partial charge in [-0.25, -0.2) is 14.5 Å². The van der Waals surface area contributed by atoms with Crippen molar-refractivity contribution < 1.29 is 18.5 Å². The summed E-state index contributed by atoms with van der Waals surface area (Å²) in [5, 5.41) is 12.9. The SMILES string of the molecule is CCCn1ncnc1CS(=O)c1ccc(C(=O)O)o1. The first-order valence-corrected chi connectivity index (χ1v) is 7.02. The van der Waals surface area contributed by atoms with E-state index in [1.807, 2.05) is 6.92 Å². The number of nitrogens with zero attached hydrogens (tertiary/aromatic N) is 3. The molecule has 0 aliphatic carbocycles. The fourth-order valence-electron chi connectivity index (χ4n) is 1.54. The molecule has 1 N–H and O–H groups in total. The second-order valence-electron chi connectivity index (χ2n) is 3.81. The van der Waals surface area contributed by atoms with Crippen molar-refractivity contribution in [1.29, 1.82) is 0 Å². The highest BCUT2D eigenvalue weighted by Gasteiger charge is 2.16. The smallest absolute Gasteiger partial charge is 0.371 e. The average molecular weight is 283 g/mol. The third kappa shape index (κ3) is 3.08. The molecule has 2 aromatic rings. The van der Waals surface area contributed by atoms with Gasteiger partial charge in [-0.05, 0) is 18.6 Å². The van der Waals surface area contributed by atoms with Crippen molar-refractivity contribution in [2.45, 2.75) is 30.7 Å². The molecule has 0 fully saturated rings. The summed E-state index contributed by atoms with van der Waals surface area (Å²) < 4.78 is 18.7. The Labute approximate surface area is 111 Å². The van der Waals surface area contributed by atoms with Gasteiger partial charge in [0.2, 0.25) is 5.76 Å². The van der Waals surface area contributed by atoms with Gasteiger partial charge in [0.05, 0.1) is 16.6 Å². The topological polar surface area (TPSA) is 98.2 Å². The molecule has 0 radical (unpaired) electrons. The number of aryl methyl sites for hydroxylation is 1. The van der Waals surface area contributed by atoms with E-state index in [2.05, 4.69) is 10.1 Å². The molecule has 1 unspecified atom stereocenters. The molecule has 0 bridgehead atoms. The van der Waals surface area contributed by atoms with Crippen LogP contribution in [0.25, 0.3) is 0 Å². The molecule has 8 heteroatoms. The number of aromatic carboxylic acids is 1. The van der Waals surface area contributed by atoms with E-state index in [1.54, 1.807) is 4.68 Å². The second kappa shape index (κ2) is 5.79. The number of hydrogen-bond donors (Lipinski definition) is 1. The maximum atomic E-state index is 12.0. The third-order valence-electron chi connectivity index (χ3n) is 2.41. The monoisotopic (exact) mass is 283 g/mol. The van der Waals surface area contributed by atoms with Crippen LogP contribution in [0.15, 0.2) is 28.0 Å². The van der Waals surface area contributed by atoms with Crippen LogP contribution in [-0.4, -0.2) is 30.0 Å². The molecule has 19 heavy (non-hydrogen) atoms. The molecule has 2 aromatic heterocycles. The van der Waals surface area contributed by atoms with E-state index in [0.29, 0.717) is 12.4 Å². The summed E-state index contributed by atoms with van der Waals surface area (Å²) in [7, 11) is -1.48. The Morgan fingerprint density at radius 1 is 1.53 bits per heavy atom. The molecule has 0 saturated heterocycles. The molecular formula is C11H13N3O4S. The van der Waals surface area contributed by atoms with E-state index in [-0.39, 0.29) is 16.6 Å². The molecule has 0 saturated carbocycles. The first kappa shape index (κ1) is 13.5. The lowest BCUT2D eigenvalue weighted by Crippen LogP contribution is -2.08. The number of furan rings is 1. The molecule has 0 spiro atoms. The number of hydrogen-bond acceptors (Lipinski definition) is 5. The van der Waals surface area contributed by atoms with Gasteiger partial charge in [-0.1, -0.05) is 6.92 Å². The van der Waals surface area contributed by atoms with Crippen LogP contribution in [0, 0.1) is 0 Å². The van der Waals surface area contributed by atoms with Gasteiger partial charge >= 0.3 is 5.97 Å². The van der Waals surface area contributed by atoms with Crippen molar-refractivity contribution in [3.8, 4) is 0 Å². The first-order chi connectivity index (χ1) is 9.11. The Morgan fingerprint density at radius 2 is 2.32 bits per heavy atom. The standard InChI is InChI=1S/C11H13N3O4S/c1-2-5-14-9(12-7-13-14)6-19(17)10-4-3-8(18-10)11(15)16/h3-4,7H,2,5-6H2,1H3,(H,15,16). The zero-order chi connectivity index (χ0) is 13.8. The van der Waals surface area contributed by atoms with Gasteiger partial charge in [0, 0.05) is 6.54 Å². The van der Waals surface area contributed by atoms with Crippen LogP contribution in [0.2, 0.25) is 0 Å². The molecule has 0 aliphatic rings. The molecule has 102 valence electrons. The number of rotatable bonds is 6. The van der Waals surface area contributed by atoms with Crippen molar-refractivity contribution in [2.75, 3.05) is 0 Å². The van der Waals surface area contributed by atoms with Gasteiger partial charge in [0.25, 0.3) is 0 Å². The number of aromatic nitrogens is 3. The zero-order valence-electron chi connectivity index (χ0n) is 10.3. The Kier molecular flexibility index (Phi) is 4.10. The molecule has 2 rings (SSSR count). The van der Waals surface area contributed by atoms with E-state index in [9.17, 15) is 9.00 Å². The maximum absolute atomic E-state index is 12.0. The summed E-state index contributed by atoms with van der Waals surface area (Å²) in [5.41, 5.74) is 0. The van der Waals surface area contributed by atoms with Crippen molar-refractivity contribution >= 4 is 16.8 Å². The lowest BCUT2D eigenvalue weighted by atomic mass is 10.5. The summed E-state index contributed by atoms with van der Waals surface area (Å²) in [6.45, 7) is 2.71. The van der Waals surface area contributed by atoms with Gasteiger partial charge in [-0.15, -0.1) is 0 Å². The lowest BCUT2D eigenvalue weighted by molar-refractivity contribution is 0.0656. The van der Waals surface area contributed by atoms with Gasteiger partial charge in [0.15, 0.2) is 5.09 Å². The van der Waals surface area contributed by atoms with E-state index >= 15 is 0 Å². The summed E-state index contributed by atoms with van der Waals surface area (Å²) >= 11 is 0. The van der Waals surface area contributed by atoms with Crippen molar-refractivity contribution in [3.05, 3.63) is 30.0 Å². The highest BCUT2D eigenvalue weighted by atomic mass is 32.2. The predicted molar refractivity (Wildman–Crippen MR) is 66.1 cm³/mol. The lowest BCUT2D eigenvalue weighted by Gasteiger charge is -2.02. The van der Waals surface area contributed by atoms with Crippen molar-refractivity contribution in [2.24, 2.45) is 0 Å². The van der Waals surface area contributed by atoms with E-state index in [1.165, 1.54) is 18.5 Å².